The van der Waals surface area contributed by atoms with Crippen LogP contribution in [0.5, 0.6) is 0 Å². The highest BCUT2D eigenvalue weighted by Gasteiger charge is 2.19. The van der Waals surface area contributed by atoms with Crippen LogP contribution < -0.4 is 5.73 Å². The van der Waals surface area contributed by atoms with Crippen molar-refractivity contribution in [1.29, 1.82) is 0 Å². The van der Waals surface area contributed by atoms with Crippen LogP contribution in [-0.4, -0.2) is 13.1 Å². The Morgan fingerprint density at radius 1 is 1.60 bits per heavy atom. The van der Waals surface area contributed by atoms with Crippen molar-refractivity contribution in [2.45, 2.75) is 25.3 Å². The van der Waals surface area contributed by atoms with E-state index in [9.17, 15) is 4.79 Å². The summed E-state index contributed by atoms with van der Waals surface area (Å²) < 4.78 is 4.63. The summed E-state index contributed by atoms with van der Waals surface area (Å²) >= 11 is 0. The van der Waals surface area contributed by atoms with Crippen LogP contribution in [0.3, 0.4) is 0 Å². The first-order valence-electron chi connectivity index (χ1n) is 5.15. The fraction of sp³-hybridized carbons (Fsp3) is 0.417. The minimum atomic E-state index is -0.197. The summed E-state index contributed by atoms with van der Waals surface area (Å²) in [5.74, 6) is -0.197. The Kier molecular flexibility index (Phi) is 2.73. The fourth-order valence-electron chi connectivity index (χ4n) is 2.05. The molecule has 2 rings (SSSR count). The highest BCUT2D eigenvalue weighted by Crippen LogP contribution is 2.29. The van der Waals surface area contributed by atoms with E-state index in [1.54, 1.807) is 0 Å². The number of rotatable bonds is 2. The molecule has 15 heavy (non-hydrogen) atoms. The van der Waals surface area contributed by atoms with Gasteiger partial charge in [-0.15, -0.1) is 0 Å². The van der Waals surface area contributed by atoms with Gasteiger partial charge >= 0.3 is 5.97 Å². The zero-order valence-corrected chi connectivity index (χ0v) is 8.82. The van der Waals surface area contributed by atoms with E-state index in [0.717, 1.165) is 18.4 Å². The lowest BCUT2D eigenvalue weighted by Gasteiger charge is -2.06. The first kappa shape index (κ1) is 10.2. The Balaban J connectivity index is 2.19. The molecule has 2 N–H and O–H groups in total. The third kappa shape index (κ3) is 2.02. The largest absolute Gasteiger partial charge is 0.469 e. The molecule has 1 atom stereocenters. The van der Waals surface area contributed by atoms with E-state index in [1.807, 2.05) is 12.1 Å². The molecule has 0 fully saturated rings. The lowest BCUT2D eigenvalue weighted by molar-refractivity contribution is -0.139. The molecule has 0 saturated heterocycles. The molecule has 1 aliphatic rings. The molecule has 0 aliphatic heterocycles. The van der Waals surface area contributed by atoms with Crippen LogP contribution >= 0.6 is 0 Å². The lowest BCUT2D eigenvalue weighted by atomic mass is 10.0. The normalized spacial score (nSPS) is 18.7. The van der Waals surface area contributed by atoms with E-state index in [-0.39, 0.29) is 12.0 Å². The lowest BCUT2D eigenvalue weighted by Crippen LogP contribution is -2.06. The third-order valence-electron chi connectivity index (χ3n) is 2.91. The molecule has 3 nitrogen and oxygen atoms in total. The Bertz CT molecular complexity index is 387. The molecule has 1 aromatic rings. The molecule has 0 amide bonds. The first-order valence-corrected chi connectivity index (χ1v) is 5.15. The van der Waals surface area contributed by atoms with Crippen molar-refractivity contribution < 1.29 is 9.53 Å². The number of hydrogen-bond acceptors (Lipinski definition) is 3. The van der Waals surface area contributed by atoms with E-state index in [0.29, 0.717) is 6.42 Å². The highest BCUT2D eigenvalue weighted by molar-refractivity contribution is 5.72. The zero-order valence-electron chi connectivity index (χ0n) is 8.82. The van der Waals surface area contributed by atoms with Gasteiger partial charge in [-0.2, -0.15) is 0 Å². The highest BCUT2D eigenvalue weighted by atomic mass is 16.5. The van der Waals surface area contributed by atoms with Crippen LogP contribution in [0.4, 0.5) is 0 Å². The molecule has 0 saturated carbocycles. The smallest absolute Gasteiger partial charge is 0.309 e. The van der Waals surface area contributed by atoms with E-state index < -0.39 is 0 Å². The SMILES string of the molecule is COC(=O)Cc1ccc2c(c1)CCC2N. The monoisotopic (exact) mass is 205 g/mol. The number of nitrogens with two attached hydrogens (primary N) is 1. The van der Waals surface area contributed by atoms with E-state index >= 15 is 0 Å². The van der Waals surface area contributed by atoms with Crippen molar-refractivity contribution in [3.8, 4) is 0 Å². The molecule has 0 aromatic heterocycles. The van der Waals surface area contributed by atoms with Gasteiger partial charge in [0, 0.05) is 6.04 Å². The predicted molar refractivity (Wildman–Crippen MR) is 57.4 cm³/mol. The number of ether oxygens (including phenoxy) is 1. The number of carbonyl (C=O) groups excluding carboxylic acids is 1. The second kappa shape index (κ2) is 4.03. The molecule has 3 heteroatoms. The van der Waals surface area contributed by atoms with Crippen molar-refractivity contribution in [3.63, 3.8) is 0 Å². The van der Waals surface area contributed by atoms with Crippen LogP contribution in [0.15, 0.2) is 18.2 Å². The van der Waals surface area contributed by atoms with Crippen LogP contribution in [0.1, 0.15) is 29.2 Å². The molecular formula is C12H15NO2. The number of benzene rings is 1. The van der Waals surface area contributed by atoms with E-state index in [1.165, 1.54) is 18.2 Å². The molecular weight excluding hydrogens is 190 g/mol. The van der Waals surface area contributed by atoms with Gasteiger partial charge in [0.05, 0.1) is 13.5 Å². The van der Waals surface area contributed by atoms with Gasteiger partial charge in [-0.1, -0.05) is 18.2 Å². The average molecular weight is 205 g/mol. The molecule has 1 unspecified atom stereocenters. The van der Waals surface area contributed by atoms with Crippen LogP contribution in [-0.2, 0) is 22.4 Å². The molecule has 0 radical (unpaired) electrons. The van der Waals surface area contributed by atoms with Crippen LogP contribution in [0.25, 0.3) is 0 Å². The summed E-state index contributed by atoms with van der Waals surface area (Å²) in [5.41, 5.74) is 9.45. The Morgan fingerprint density at radius 3 is 3.13 bits per heavy atom. The minimum Gasteiger partial charge on any atom is -0.469 e. The second-order valence-electron chi connectivity index (χ2n) is 3.93. The van der Waals surface area contributed by atoms with Crippen molar-refractivity contribution >= 4 is 5.97 Å². The van der Waals surface area contributed by atoms with E-state index in [2.05, 4.69) is 10.8 Å². The van der Waals surface area contributed by atoms with E-state index in [4.69, 9.17) is 5.73 Å². The standard InChI is InChI=1S/C12H15NO2/c1-15-12(14)7-8-2-4-10-9(6-8)3-5-11(10)13/h2,4,6,11H,3,5,7,13H2,1H3. The molecule has 0 heterocycles. The number of hydrogen-bond donors (Lipinski definition) is 1. The quantitative estimate of drug-likeness (QED) is 0.741. The number of esters is 1. The first-order chi connectivity index (χ1) is 7.20. The molecule has 0 spiro atoms. The maximum Gasteiger partial charge on any atom is 0.309 e. The van der Waals surface area contributed by atoms with Gasteiger partial charge in [-0.05, 0) is 29.5 Å². The summed E-state index contributed by atoms with van der Waals surface area (Å²) in [5, 5.41) is 0. The van der Waals surface area contributed by atoms with Crippen molar-refractivity contribution in [1.82, 2.24) is 0 Å². The van der Waals surface area contributed by atoms with Gasteiger partial charge in [0.25, 0.3) is 0 Å². The summed E-state index contributed by atoms with van der Waals surface area (Å²) in [6, 6.07) is 6.23. The van der Waals surface area contributed by atoms with Gasteiger partial charge in [-0.3, -0.25) is 4.79 Å². The summed E-state index contributed by atoms with van der Waals surface area (Å²) in [7, 11) is 1.41. The Morgan fingerprint density at radius 2 is 2.40 bits per heavy atom. The second-order valence-corrected chi connectivity index (χ2v) is 3.93. The van der Waals surface area contributed by atoms with Crippen molar-refractivity contribution in [2.75, 3.05) is 7.11 Å². The predicted octanol–water partition coefficient (Wildman–Crippen LogP) is 1.35. The Hall–Kier alpha value is -1.35. The van der Waals surface area contributed by atoms with Gasteiger partial charge in [0.15, 0.2) is 0 Å². The summed E-state index contributed by atoms with van der Waals surface area (Å²) in [6.45, 7) is 0. The van der Waals surface area contributed by atoms with Gasteiger partial charge < -0.3 is 10.5 Å². The van der Waals surface area contributed by atoms with Gasteiger partial charge in [0.1, 0.15) is 0 Å². The average Bonchev–Trinajstić information content (AvgIpc) is 2.60. The molecule has 0 bridgehead atoms. The summed E-state index contributed by atoms with van der Waals surface area (Å²) in [4.78, 5) is 11.1. The summed E-state index contributed by atoms with van der Waals surface area (Å²) in [6.07, 6.45) is 2.38. The fourth-order valence-corrected chi connectivity index (χ4v) is 2.05. The topological polar surface area (TPSA) is 52.3 Å². The van der Waals surface area contributed by atoms with Crippen LogP contribution in [0, 0.1) is 0 Å². The number of methoxy groups -OCH3 is 1. The van der Waals surface area contributed by atoms with Crippen LogP contribution in [0.2, 0.25) is 0 Å². The maximum absolute atomic E-state index is 11.1. The number of fused-ring (bicyclic) bond motifs is 1. The third-order valence-corrected chi connectivity index (χ3v) is 2.91. The van der Waals surface area contributed by atoms with Gasteiger partial charge in [0.2, 0.25) is 0 Å². The zero-order chi connectivity index (χ0) is 10.8. The molecule has 1 aromatic carbocycles. The Labute approximate surface area is 89.2 Å². The number of aryl methyl sites for hydroxylation is 1. The number of carbonyl (C=O) groups is 1. The van der Waals surface area contributed by atoms with Gasteiger partial charge in [-0.25, -0.2) is 0 Å². The van der Waals surface area contributed by atoms with Crippen molar-refractivity contribution in [2.24, 2.45) is 5.73 Å². The van der Waals surface area contributed by atoms with Crippen molar-refractivity contribution in [3.05, 3.63) is 34.9 Å². The molecule has 1 aliphatic carbocycles. The molecule has 80 valence electrons. The minimum absolute atomic E-state index is 0.173. The maximum atomic E-state index is 11.1.